The zero-order valence-corrected chi connectivity index (χ0v) is 25.6. The Morgan fingerprint density at radius 2 is 1.71 bits per heavy atom. The molecular weight excluding hydrogens is 556 g/mol. The van der Waals surface area contributed by atoms with Crippen LogP contribution in [0.15, 0.2) is 50.8 Å². The fraction of sp³-hybridized carbons (Fsp3) is 0.452. The minimum atomic E-state index is -4.10. The smallest absolute Gasteiger partial charge is 0.263 e. The first kappa shape index (κ1) is 29.6. The number of hydrogen-bond donors (Lipinski definition) is 1. The van der Waals surface area contributed by atoms with Crippen LogP contribution in [0.4, 0.5) is 5.82 Å². The van der Waals surface area contributed by atoms with E-state index in [1.54, 1.807) is 19.9 Å². The topological polar surface area (TPSA) is 123 Å². The first-order chi connectivity index (χ1) is 20.1. The van der Waals surface area contributed by atoms with Gasteiger partial charge in [-0.15, -0.1) is 0 Å². The second-order valence-corrected chi connectivity index (χ2v) is 12.6. The molecule has 1 fully saturated rings. The molecule has 1 amide bonds. The Morgan fingerprint density at radius 3 is 2.31 bits per heavy atom. The molecule has 2 aromatic carbocycles. The first-order valence-corrected chi connectivity index (χ1v) is 15.8. The molecule has 3 aromatic rings. The van der Waals surface area contributed by atoms with Gasteiger partial charge in [-0.3, -0.25) is 19.4 Å². The number of nitrogens with one attached hydrogen (secondary N) is 1. The highest BCUT2D eigenvalue weighted by atomic mass is 32.2. The normalized spacial score (nSPS) is 16.3. The van der Waals surface area contributed by atoms with Crippen molar-refractivity contribution >= 4 is 27.6 Å². The van der Waals surface area contributed by atoms with E-state index < -0.39 is 15.6 Å². The monoisotopic (exact) mass is 594 g/mol. The van der Waals surface area contributed by atoms with Crippen LogP contribution in [0.2, 0.25) is 0 Å². The van der Waals surface area contributed by atoms with Crippen LogP contribution >= 0.6 is 0 Å². The Kier molecular flexibility index (Phi) is 8.32. The number of benzene rings is 2. The van der Waals surface area contributed by atoms with E-state index in [2.05, 4.69) is 16.8 Å². The van der Waals surface area contributed by atoms with Gasteiger partial charge in [0, 0.05) is 23.6 Å². The summed E-state index contributed by atoms with van der Waals surface area (Å²) in [5.74, 6) is 2.30. The van der Waals surface area contributed by atoms with Crippen molar-refractivity contribution in [2.24, 2.45) is 4.99 Å². The third-order valence-electron chi connectivity index (χ3n) is 8.25. The van der Waals surface area contributed by atoms with Crippen LogP contribution in [0.5, 0.6) is 11.5 Å². The summed E-state index contributed by atoms with van der Waals surface area (Å²) < 4.78 is 45.9. The van der Waals surface area contributed by atoms with Gasteiger partial charge in [-0.1, -0.05) is 55.6 Å². The molecule has 11 heteroatoms. The fourth-order valence-corrected chi connectivity index (χ4v) is 6.96. The zero-order chi connectivity index (χ0) is 30.1. The molecule has 1 aromatic heterocycles. The molecule has 0 radical (unpaired) electrons. The molecule has 0 atom stereocenters. The molecule has 5 rings (SSSR count). The molecule has 1 spiro atoms. The second kappa shape index (κ2) is 11.8. The molecule has 42 heavy (non-hydrogen) atoms. The van der Waals surface area contributed by atoms with Gasteiger partial charge < -0.3 is 14.0 Å². The van der Waals surface area contributed by atoms with E-state index in [1.165, 1.54) is 20.3 Å². The van der Waals surface area contributed by atoms with Crippen LogP contribution in [0.3, 0.4) is 0 Å². The quantitative estimate of drug-likeness (QED) is 0.288. The number of nitrogens with zero attached hydrogens (tertiary/aromatic N) is 3. The van der Waals surface area contributed by atoms with Crippen LogP contribution in [0, 0.1) is 13.8 Å². The summed E-state index contributed by atoms with van der Waals surface area (Å²) in [6.45, 7) is 6.01. The lowest BCUT2D eigenvalue weighted by atomic mass is 9.98. The third kappa shape index (κ3) is 5.49. The Balaban J connectivity index is 1.47. The van der Waals surface area contributed by atoms with Crippen molar-refractivity contribution < 1.29 is 27.2 Å². The number of unbranched alkanes of at least 4 members (excludes halogenated alkanes) is 1. The molecule has 1 N–H and O–H groups in total. The molecule has 0 saturated heterocycles. The summed E-state index contributed by atoms with van der Waals surface area (Å²) >= 11 is 0. The summed E-state index contributed by atoms with van der Waals surface area (Å²) in [7, 11) is -1.15. The highest BCUT2D eigenvalue weighted by Crippen LogP contribution is 2.41. The predicted molar refractivity (Wildman–Crippen MR) is 160 cm³/mol. The molecule has 10 nitrogen and oxygen atoms in total. The SMILES string of the molecule is CCCCC1=NC2(CCCC2)C(=O)N1Cc1ccc(-c2cc(OC)c(OC)cc2S(=O)(=O)Nc2noc(C)c2C)cc1. The molecule has 1 aliphatic heterocycles. The van der Waals surface area contributed by atoms with E-state index in [1.807, 2.05) is 29.2 Å². The maximum Gasteiger partial charge on any atom is 0.263 e. The number of carbonyl (C=O) groups is 1. The molecule has 0 unspecified atom stereocenters. The standard InChI is InChI=1S/C31H38N4O6S/c1-6-7-10-28-32-31(15-8-9-16-31)30(36)35(28)19-22-11-13-23(14-12-22)24-17-25(39-4)26(40-5)18-27(24)42(37,38)34-29-20(2)21(3)41-33-29/h11-14,17-18H,6-10,15-16,19H2,1-5H3,(H,33,34). The molecule has 1 saturated carbocycles. The molecule has 0 bridgehead atoms. The Hall–Kier alpha value is -3.86. The van der Waals surface area contributed by atoms with E-state index in [9.17, 15) is 13.2 Å². The summed E-state index contributed by atoms with van der Waals surface area (Å²) in [6.07, 6.45) is 6.48. The van der Waals surface area contributed by atoms with Crippen molar-refractivity contribution in [1.29, 1.82) is 0 Å². The van der Waals surface area contributed by atoms with Gasteiger partial charge in [-0.25, -0.2) is 8.42 Å². The number of sulfonamides is 1. The number of aryl methyl sites for hydroxylation is 1. The number of hydrogen-bond acceptors (Lipinski definition) is 8. The van der Waals surface area contributed by atoms with Gasteiger partial charge in [-0.05, 0) is 50.3 Å². The van der Waals surface area contributed by atoms with Crippen LogP contribution in [0.25, 0.3) is 11.1 Å². The minimum absolute atomic E-state index is 0.000154. The number of carbonyl (C=O) groups excluding carboxylic acids is 1. The number of anilines is 1. The van der Waals surface area contributed by atoms with Crippen molar-refractivity contribution in [3.05, 3.63) is 53.3 Å². The maximum atomic E-state index is 13.7. The van der Waals surface area contributed by atoms with E-state index in [-0.39, 0.29) is 22.4 Å². The second-order valence-electron chi connectivity index (χ2n) is 11.0. The van der Waals surface area contributed by atoms with Gasteiger partial charge in [0.25, 0.3) is 15.9 Å². The van der Waals surface area contributed by atoms with E-state index in [4.69, 9.17) is 19.0 Å². The average molecular weight is 595 g/mol. The number of aromatic nitrogens is 1. The van der Waals surface area contributed by atoms with E-state index in [0.717, 1.165) is 56.3 Å². The lowest BCUT2D eigenvalue weighted by molar-refractivity contribution is -0.131. The fourth-order valence-electron chi connectivity index (χ4n) is 5.67. The summed E-state index contributed by atoms with van der Waals surface area (Å²) in [6, 6.07) is 10.6. The number of amides is 1. The number of ether oxygens (including phenoxy) is 2. The van der Waals surface area contributed by atoms with Crippen molar-refractivity contribution in [2.75, 3.05) is 18.9 Å². The maximum absolute atomic E-state index is 13.7. The summed E-state index contributed by atoms with van der Waals surface area (Å²) in [4.78, 5) is 20.4. The molecule has 2 heterocycles. The van der Waals surface area contributed by atoms with Gasteiger partial charge in [-0.2, -0.15) is 0 Å². The Labute approximate surface area is 247 Å². The summed E-state index contributed by atoms with van der Waals surface area (Å²) in [5.41, 5.74) is 2.04. The lowest BCUT2D eigenvalue weighted by Crippen LogP contribution is -2.40. The molecule has 2 aliphatic rings. The van der Waals surface area contributed by atoms with Gasteiger partial charge in [0.1, 0.15) is 17.1 Å². The zero-order valence-electron chi connectivity index (χ0n) is 24.8. The lowest BCUT2D eigenvalue weighted by Gasteiger charge is -2.23. The van der Waals surface area contributed by atoms with Gasteiger partial charge >= 0.3 is 0 Å². The number of methoxy groups -OCH3 is 2. The first-order valence-electron chi connectivity index (χ1n) is 14.3. The van der Waals surface area contributed by atoms with Crippen LogP contribution in [-0.2, 0) is 21.4 Å². The van der Waals surface area contributed by atoms with Crippen molar-refractivity contribution in [3.63, 3.8) is 0 Å². The predicted octanol–water partition coefficient (Wildman–Crippen LogP) is 6.02. The average Bonchev–Trinajstić information content (AvgIpc) is 3.66. The number of amidine groups is 1. The number of rotatable bonds is 11. The highest BCUT2D eigenvalue weighted by Gasteiger charge is 2.49. The number of aliphatic imine (C=N–C) groups is 1. The van der Waals surface area contributed by atoms with Crippen molar-refractivity contribution in [3.8, 4) is 22.6 Å². The third-order valence-corrected chi connectivity index (χ3v) is 9.63. The van der Waals surface area contributed by atoms with Crippen LogP contribution in [0.1, 0.15) is 68.8 Å². The minimum Gasteiger partial charge on any atom is -0.493 e. The van der Waals surface area contributed by atoms with Crippen LogP contribution < -0.4 is 14.2 Å². The van der Waals surface area contributed by atoms with Gasteiger partial charge in [0.05, 0.1) is 25.7 Å². The molecule has 1 aliphatic carbocycles. The van der Waals surface area contributed by atoms with Gasteiger partial charge in [0.15, 0.2) is 17.3 Å². The van der Waals surface area contributed by atoms with Crippen molar-refractivity contribution in [2.45, 2.75) is 82.7 Å². The van der Waals surface area contributed by atoms with E-state index in [0.29, 0.717) is 34.7 Å². The Bertz CT molecular complexity index is 1600. The Morgan fingerprint density at radius 1 is 1.05 bits per heavy atom. The van der Waals surface area contributed by atoms with Gasteiger partial charge in [0.2, 0.25) is 0 Å². The van der Waals surface area contributed by atoms with Crippen LogP contribution in [-0.4, -0.2) is 50.0 Å². The van der Waals surface area contributed by atoms with Crippen molar-refractivity contribution in [1.82, 2.24) is 10.1 Å². The summed E-state index contributed by atoms with van der Waals surface area (Å²) in [5, 5.41) is 3.86. The largest absolute Gasteiger partial charge is 0.493 e. The highest BCUT2D eigenvalue weighted by molar-refractivity contribution is 7.92. The molecular formula is C31H38N4O6S. The van der Waals surface area contributed by atoms with E-state index >= 15 is 0 Å². The molecule has 224 valence electrons.